The van der Waals surface area contributed by atoms with Crippen LogP contribution in [0.5, 0.6) is 0 Å². The summed E-state index contributed by atoms with van der Waals surface area (Å²) in [7, 11) is 0. The molecule has 0 unspecified atom stereocenters. The Balaban J connectivity index is 1.24. The van der Waals surface area contributed by atoms with Gasteiger partial charge in [0.15, 0.2) is 0 Å². The monoisotopic (exact) mass is 439 g/mol. The van der Waals surface area contributed by atoms with Crippen LogP contribution in [0.3, 0.4) is 0 Å². The summed E-state index contributed by atoms with van der Waals surface area (Å²) in [5, 5.41) is 0. The van der Waals surface area contributed by atoms with Crippen molar-refractivity contribution in [2.75, 3.05) is 32.7 Å². The number of amides is 1. The van der Waals surface area contributed by atoms with E-state index in [-0.39, 0.29) is 6.09 Å². The summed E-state index contributed by atoms with van der Waals surface area (Å²) >= 11 is 1.85. The molecule has 0 aliphatic carbocycles. The molecule has 5 nitrogen and oxygen atoms in total. The fourth-order valence-electron chi connectivity index (χ4n) is 4.03. The lowest BCUT2D eigenvalue weighted by Crippen LogP contribution is -2.49. The maximum Gasteiger partial charge on any atom is 0.410 e. The van der Waals surface area contributed by atoms with E-state index in [0.717, 1.165) is 52.2 Å². The van der Waals surface area contributed by atoms with Crippen LogP contribution in [0.15, 0.2) is 53.4 Å². The Morgan fingerprint density at radius 2 is 1.61 bits per heavy atom. The highest BCUT2D eigenvalue weighted by molar-refractivity contribution is 7.97. The Bertz CT molecular complexity index is 886. The molecular formula is C25H33N3O2S. The molecule has 6 heteroatoms. The van der Waals surface area contributed by atoms with E-state index in [1.807, 2.05) is 37.6 Å². The van der Waals surface area contributed by atoms with Crippen molar-refractivity contribution in [3.8, 4) is 0 Å². The molecule has 4 rings (SSSR count). The molecule has 0 N–H and O–H groups in total. The average molecular weight is 440 g/mol. The number of ether oxygens (including phenoxy) is 1. The van der Waals surface area contributed by atoms with Gasteiger partial charge >= 0.3 is 6.09 Å². The van der Waals surface area contributed by atoms with E-state index in [1.165, 1.54) is 21.6 Å². The van der Waals surface area contributed by atoms with Crippen LogP contribution in [0.1, 0.15) is 37.5 Å². The molecule has 0 radical (unpaired) electrons. The van der Waals surface area contributed by atoms with Gasteiger partial charge in [-0.1, -0.05) is 36.4 Å². The molecule has 2 aliphatic heterocycles. The maximum atomic E-state index is 12.2. The molecule has 0 aromatic heterocycles. The van der Waals surface area contributed by atoms with Crippen LogP contribution < -0.4 is 0 Å². The number of carbonyl (C=O) groups excluding carboxylic acids is 1. The van der Waals surface area contributed by atoms with Gasteiger partial charge in [0.25, 0.3) is 0 Å². The Morgan fingerprint density at radius 3 is 2.29 bits per heavy atom. The molecule has 166 valence electrons. The third-order valence-electron chi connectivity index (χ3n) is 5.68. The van der Waals surface area contributed by atoms with Gasteiger partial charge in [-0.3, -0.25) is 4.90 Å². The minimum Gasteiger partial charge on any atom is -0.444 e. The molecule has 0 atom stereocenters. The van der Waals surface area contributed by atoms with Gasteiger partial charge in [0.05, 0.1) is 0 Å². The number of nitrogens with zero attached hydrogens (tertiary/aromatic N) is 3. The van der Waals surface area contributed by atoms with Gasteiger partial charge in [-0.25, -0.2) is 9.10 Å². The van der Waals surface area contributed by atoms with Crippen LogP contribution in [0.2, 0.25) is 0 Å². The van der Waals surface area contributed by atoms with Crippen LogP contribution in [0, 0.1) is 0 Å². The third-order valence-corrected chi connectivity index (χ3v) is 6.74. The number of benzene rings is 2. The Hall–Kier alpha value is -2.02. The summed E-state index contributed by atoms with van der Waals surface area (Å²) in [6, 6.07) is 17.7. The van der Waals surface area contributed by atoms with Crippen LogP contribution in [0.25, 0.3) is 0 Å². The van der Waals surface area contributed by atoms with Crippen molar-refractivity contribution in [2.45, 2.75) is 50.8 Å². The van der Waals surface area contributed by atoms with Gasteiger partial charge in [-0.05, 0) is 68.0 Å². The van der Waals surface area contributed by atoms with Crippen molar-refractivity contribution in [2.24, 2.45) is 0 Å². The van der Waals surface area contributed by atoms with Gasteiger partial charge in [-0.2, -0.15) is 0 Å². The molecule has 0 saturated carbocycles. The lowest BCUT2D eigenvalue weighted by Gasteiger charge is -2.35. The van der Waals surface area contributed by atoms with Crippen molar-refractivity contribution >= 4 is 18.0 Å². The number of hydrogen-bond acceptors (Lipinski definition) is 5. The second-order valence-electron chi connectivity index (χ2n) is 9.36. The highest BCUT2D eigenvalue weighted by Gasteiger charge is 2.25. The Kier molecular flexibility index (Phi) is 6.89. The van der Waals surface area contributed by atoms with Crippen molar-refractivity contribution < 1.29 is 9.53 Å². The molecule has 0 bridgehead atoms. The van der Waals surface area contributed by atoms with Crippen molar-refractivity contribution in [1.82, 2.24) is 14.1 Å². The van der Waals surface area contributed by atoms with E-state index < -0.39 is 5.60 Å². The summed E-state index contributed by atoms with van der Waals surface area (Å²) in [6.45, 7) is 11.9. The zero-order valence-electron chi connectivity index (χ0n) is 18.8. The first-order valence-corrected chi connectivity index (χ1v) is 11.9. The smallest absolute Gasteiger partial charge is 0.410 e. The predicted octanol–water partition coefficient (Wildman–Crippen LogP) is 4.80. The topological polar surface area (TPSA) is 36.0 Å². The molecule has 2 aromatic rings. The SMILES string of the molecule is CC(C)(C)OC(=O)N1CCN(Cc2ccc(SN3CCc4ccccc4C3)cc2)CC1. The average Bonchev–Trinajstić information content (AvgIpc) is 2.74. The molecule has 1 saturated heterocycles. The first-order chi connectivity index (χ1) is 14.9. The number of piperazine rings is 1. The number of rotatable bonds is 4. The Labute approximate surface area is 190 Å². The fraction of sp³-hybridized carbons (Fsp3) is 0.480. The summed E-state index contributed by atoms with van der Waals surface area (Å²) in [6.07, 6.45) is 0.921. The first-order valence-electron chi connectivity index (χ1n) is 11.1. The molecule has 2 heterocycles. The summed E-state index contributed by atoms with van der Waals surface area (Å²) in [5.41, 5.74) is 3.81. The van der Waals surface area contributed by atoms with Gasteiger partial charge in [0.2, 0.25) is 0 Å². The number of fused-ring (bicyclic) bond motifs is 1. The number of hydrogen-bond donors (Lipinski definition) is 0. The molecule has 31 heavy (non-hydrogen) atoms. The van der Waals surface area contributed by atoms with Crippen molar-refractivity contribution in [3.63, 3.8) is 0 Å². The normalized spacial score (nSPS) is 18.0. The Morgan fingerprint density at radius 1 is 0.935 bits per heavy atom. The molecule has 2 aromatic carbocycles. The molecule has 1 fully saturated rings. The molecule has 0 spiro atoms. The summed E-state index contributed by atoms with van der Waals surface area (Å²) in [4.78, 5) is 17.7. The van der Waals surface area contributed by atoms with Gasteiger partial charge in [-0.15, -0.1) is 0 Å². The van der Waals surface area contributed by atoms with Crippen LogP contribution in [-0.2, 0) is 24.2 Å². The zero-order chi connectivity index (χ0) is 21.8. The van der Waals surface area contributed by atoms with Crippen LogP contribution in [0.4, 0.5) is 4.79 Å². The highest BCUT2D eigenvalue weighted by Crippen LogP contribution is 2.29. The van der Waals surface area contributed by atoms with Gasteiger partial charge in [0, 0.05) is 50.7 Å². The van der Waals surface area contributed by atoms with E-state index in [2.05, 4.69) is 57.7 Å². The van der Waals surface area contributed by atoms with E-state index in [9.17, 15) is 4.79 Å². The second-order valence-corrected chi connectivity index (χ2v) is 10.5. The lowest BCUT2D eigenvalue weighted by atomic mass is 10.0. The maximum absolute atomic E-state index is 12.2. The largest absolute Gasteiger partial charge is 0.444 e. The van der Waals surface area contributed by atoms with Gasteiger partial charge < -0.3 is 9.64 Å². The quantitative estimate of drug-likeness (QED) is 0.639. The third kappa shape index (κ3) is 6.25. The molecule has 2 aliphatic rings. The standard InChI is InChI=1S/C25H33N3O2S/c1-25(2,3)30-24(29)27-16-14-26(15-17-27)18-20-8-10-23(11-9-20)31-28-13-12-21-6-4-5-7-22(21)19-28/h4-11H,12-19H2,1-3H3. The number of carbonyl (C=O) groups is 1. The fourth-order valence-corrected chi connectivity index (χ4v) is 4.97. The van der Waals surface area contributed by atoms with Crippen LogP contribution >= 0.6 is 11.9 Å². The van der Waals surface area contributed by atoms with Crippen LogP contribution in [-0.4, -0.2) is 58.5 Å². The van der Waals surface area contributed by atoms with E-state index >= 15 is 0 Å². The zero-order valence-corrected chi connectivity index (χ0v) is 19.7. The lowest BCUT2D eigenvalue weighted by molar-refractivity contribution is 0.0139. The second kappa shape index (κ2) is 9.63. The molecular weight excluding hydrogens is 406 g/mol. The van der Waals surface area contributed by atoms with E-state index in [0.29, 0.717) is 0 Å². The highest BCUT2D eigenvalue weighted by atomic mass is 32.2. The minimum absolute atomic E-state index is 0.200. The van der Waals surface area contributed by atoms with Crippen molar-refractivity contribution in [3.05, 3.63) is 65.2 Å². The summed E-state index contributed by atoms with van der Waals surface area (Å²) in [5.74, 6) is 0. The predicted molar refractivity (Wildman–Crippen MR) is 126 cm³/mol. The first kappa shape index (κ1) is 22.2. The molecule has 1 amide bonds. The van der Waals surface area contributed by atoms with E-state index in [1.54, 1.807) is 0 Å². The van der Waals surface area contributed by atoms with E-state index in [4.69, 9.17) is 4.74 Å². The minimum atomic E-state index is -0.439. The van der Waals surface area contributed by atoms with Crippen molar-refractivity contribution in [1.29, 1.82) is 0 Å². The summed E-state index contributed by atoms with van der Waals surface area (Å²) < 4.78 is 7.94. The van der Waals surface area contributed by atoms with Gasteiger partial charge in [0.1, 0.15) is 5.60 Å².